The Balaban J connectivity index is 2.16. The van der Waals surface area contributed by atoms with E-state index in [1.165, 1.54) is 0 Å². The van der Waals surface area contributed by atoms with E-state index in [-0.39, 0.29) is 0 Å². The van der Waals surface area contributed by atoms with Crippen molar-refractivity contribution in [2.45, 2.75) is 6.54 Å². The molecule has 0 amide bonds. The van der Waals surface area contributed by atoms with E-state index in [4.69, 9.17) is 0 Å². The molecule has 15 heavy (non-hydrogen) atoms. The second kappa shape index (κ2) is 2.84. The number of carbonyl (C=O) groups excluding carboxylic acids is 1. The lowest BCUT2D eigenvalue weighted by molar-refractivity contribution is -0.105. The molecule has 3 rings (SSSR count). The van der Waals surface area contributed by atoms with E-state index in [0.29, 0.717) is 23.6 Å². The Bertz CT molecular complexity index is 530. The van der Waals surface area contributed by atoms with Crippen LogP contribution in [-0.4, -0.2) is 31.2 Å². The van der Waals surface area contributed by atoms with Crippen LogP contribution < -0.4 is 5.32 Å². The predicted octanol–water partition coefficient (Wildman–Crippen LogP) is -0.319. The van der Waals surface area contributed by atoms with E-state index >= 15 is 0 Å². The molecule has 0 aromatic rings. The molecule has 0 unspecified atom stereocenters. The van der Waals surface area contributed by atoms with Crippen molar-refractivity contribution >= 4 is 12.1 Å². The molecular formula is C8H6N6O. The first-order valence-corrected chi connectivity index (χ1v) is 4.33. The average molecular weight is 202 g/mol. The van der Waals surface area contributed by atoms with Crippen LogP contribution in [0.2, 0.25) is 0 Å². The first kappa shape index (κ1) is 8.04. The molecule has 0 spiro atoms. The summed E-state index contributed by atoms with van der Waals surface area (Å²) in [7, 11) is 0. The Hall–Kier alpha value is -2.31. The van der Waals surface area contributed by atoms with Gasteiger partial charge in [0.25, 0.3) is 0 Å². The van der Waals surface area contributed by atoms with Crippen molar-refractivity contribution < 1.29 is 4.79 Å². The van der Waals surface area contributed by atoms with Crippen molar-refractivity contribution in [1.82, 2.24) is 25.0 Å². The van der Waals surface area contributed by atoms with Crippen molar-refractivity contribution in [2.75, 3.05) is 5.32 Å². The minimum atomic E-state index is 0.488. The van der Waals surface area contributed by atoms with E-state index < -0.39 is 0 Å². The number of aromatic nitrogens is 5. The van der Waals surface area contributed by atoms with Gasteiger partial charge in [-0.25, -0.2) is 4.98 Å². The maximum atomic E-state index is 10.6. The molecule has 0 saturated heterocycles. The predicted molar refractivity (Wildman–Crippen MR) is 50.0 cm³/mol. The molecule has 0 saturated carbocycles. The zero-order chi connectivity index (χ0) is 10.3. The molecule has 3 aliphatic rings. The van der Waals surface area contributed by atoms with Crippen LogP contribution in [0.3, 0.4) is 0 Å². The molecule has 3 heterocycles. The molecule has 7 nitrogen and oxygen atoms in total. The first-order valence-electron chi connectivity index (χ1n) is 4.33. The molecule has 0 aliphatic carbocycles. The van der Waals surface area contributed by atoms with Crippen LogP contribution in [0, 0.1) is 0 Å². The summed E-state index contributed by atoms with van der Waals surface area (Å²) in [5, 5.41) is 14.1. The molecular weight excluding hydrogens is 196 g/mol. The topological polar surface area (TPSA) is 85.6 Å². The Kier molecular flexibility index (Phi) is 1.52. The number of hydrogen-bond acceptors (Lipinski definition) is 6. The molecule has 0 bridgehead atoms. The van der Waals surface area contributed by atoms with Crippen molar-refractivity contribution in [3.63, 3.8) is 0 Å². The van der Waals surface area contributed by atoms with Gasteiger partial charge in [-0.2, -0.15) is 0 Å². The Labute approximate surface area is 84.2 Å². The summed E-state index contributed by atoms with van der Waals surface area (Å²) in [6.07, 6.45) is 4.07. The van der Waals surface area contributed by atoms with Gasteiger partial charge in [-0.1, -0.05) is 0 Å². The maximum absolute atomic E-state index is 10.6. The summed E-state index contributed by atoms with van der Waals surface area (Å²) < 4.78 is 1.79. The van der Waals surface area contributed by atoms with Gasteiger partial charge < -0.3 is 9.88 Å². The standard InChI is InChI=1S/C8H6N6O/c15-3-5-1-9-8-6-7(12-13-11-6)10-4-14(8)2-5/h1,3-4,9H,2H2. The second-order valence-electron chi connectivity index (χ2n) is 3.16. The Morgan fingerprint density at radius 1 is 1.47 bits per heavy atom. The summed E-state index contributed by atoms with van der Waals surface area (Å²) in [6, 6.07) is 0. The number of allylic oxidation sites excluding steroid dienone is 1. The van der Waals surface area contributed by atoms with Gasteiger partial charge in [0.05, 0.1) is 12.9 Å². The lowest BCUT2D eigenvalue weighted by Gasteiger charge is -2.18. The number of hydrogen-bond donors (Lipinski definition) is 1. The van der Waals surface area contributed by atoms with Crippen molar-refractivity contribution in [2.24, 2.45) is 0 Å². The summed E-state index contributed by atoms with van der Waals surface area (Å²) >= 11 is 0. The molecule has 1 N–H and O–H groups in total. The number of nitrogens with one attached hydrogen (secondary N) is 1. The number of rotatable bonds is 1. The van der Waals surface area contributed by atoms with Crippen LogP contribution in [0.1, 0.15) is 0 Å². The monoisotopic (exact) mass is 202 g/mol. The average Bonchev–Trinajstić information content (AvgIpc) is 2.76. The van der Waals surface area contributed by atoms with Gasteiger partial charge in [0.1, 0.15) is 12.1 Å². The highest BCUT2D eigenvalue weighted by molar-refractivity contribution is 5.77. The quantitative estimate of drug-likeness (QED) is 0.638. The fraction of sp³-hybridized carbons (Fsp3) is 0.125. The molecule has 0 radical (unpaired) electrons. The van der Waals surface area contributed by atoms with Gasteiger partial charge in [0.2, 0.25) is 5.82 Å². The van der Waals surface area contributed by atoms with E-state index in [9.17, 15) is 4.79 Å². The molecule has 0 aromatic heterocycles. The minimum Gasteiger partial charge on any atom is -0.346 e. The Morgan fingerprint density at radius 2 is 2.40 bits per heavy atom. The fourth-order valence-corrected chi connectivity index (χ4v) is 1.51. The number of anilines is 1. The van der Waals surface area contributed by atoms with Gasteiger partial charge in [-0.3, -0.25) is 4.79 Å². The summed E-state index contributed by atoms with van der Waals surface area (Å²) in [5.41, 5.74) is 1.26. The van der Waals surface area contributed by atoms with E-state index in [0.717, 1.165) is 12.1 Å². The molecule has 3 aliphatic heterocycles. The minimum absolute atomic E-state index is 0.488. The first-order chi connectivity index (χ1) is 7.38. The van der Waals surface area contributed by atoms with Gasteiger partial charge in [0.15, 0.2) is 5.69 Å². The Morgan fingerprint density at radius 3 is 3.27 bits per heavy atom. The number of aldehydes is 1. The third-order valence-corrected chi connectivity index (χ3v) is 2.23. The van der Waals surface area contributed by atoms with E-state index in [1.54, 1.807) is 17.1 Å². The van der Waals surface area contributed by atoms with Crippen LogP contribution in [0.25, 0.3) is 11.5 Å². The zero-order valence-corrected chi connectivity index (χ0v) is 7.58. The lowest BCUT2D eigenvalue weighted by atomic mass is 10.2. The smallest absolute Gasteiger partial charge is 0.209 e. The lowest BCUT2D eigenvalue weighted by Crippen LogP contribution is -2.16. The molecule has 7 heteroatoms. The highest BCUT2D eigenvalue weighted by Crippen LogP contribution is 2.26. The molecule has 0 fully saturated rings. The van der Waals surface area contributed by atoms with Crippen LogP contribution in [0.4, 0.5) is 5.82 Å². The van der Waals surface area contributed by atoms with Gasteiger partial charge >= 0.3 is 0 Å². The summed E-state index contributed by atoms with van der Waals surface area (Å²) in [5.74, 6) is 1.26. The molecule has 0 atom stereocenters. The number of fused-ring (bicyclic) bond motifs is 3. The van der Waals surface area contributed by atoms with Crippen molar-refractivity contribution in [1.29, 1.82) is 0 Å². The molecule has 74 valence electrons. The third-order valence-electron chi connectivity index (χ3n) is 2.23. The summed E-state index contributed by atoms with van der Waals surface area (Å²) in [6.45, 7) is 0.488. The fourth-order valence-electron chi connectivity index (χ4n) is 1.51. The van der Waals surface area contributed by atoms with E-state index in [1.807, 2.05) is 0 Å². The van der Waals surface area contributed by atoms with Crippen LogP contribution in [0.5, 0.6) is 0 Å². The highest BCUT2D eigenvalue weighted by atomic mass is 16.1. The maximum Gasteiger partial charge on any atom is 0.209 e. The van der Waals surface area contributed by atoms with Gasteiger partial charge in [-0.15, -0.1) is 10.2 Å². The van der Waals surface area contributed by atoms with E-state index in [2.05, 4.69) is 25.7 Å². The second-order valence-corrected chi connectivity index (χ2v) is 3.16. The van der Waals surface area contributed by atoms with Gasteiger partial charge in [0, 0.05) is 11.8 Å². The molecule has 0 aromatic carbocycles. The van der Waals surface area contributed by atoms with Crippen LogP contribution in [0.15, 0.2) is 18.1 Å². The summed E-state index contributed by atoms with van der Waals surface area (Å²) in [4.78, 5) is 14.7. The number of carbonyl (C=O) groups is 1. The largest absolute Gasteiger partial charge is 0.346 e. The van der Waals surface area contributed by atoms with Crippen LogP contribution >= 0.6 is 0 Å². The zero-order valence-electron chi connectivity index (χ0n) is 7.58. The third kappa shape index (κ3) is 1.09. The normalized spacial score (nSPS) is 14.3. The number of nitrogens with zero attached hydrogens (tertiary/aromatic N) is 5. The highest BCUT2D eigenvalue weighted by Gasteiger charge is 2.19. The van der Waals surface area contributed by atoms with Crippen molar-refractivity contribution in [3.8, 4) is 11.5 Å². The SMILES string of the molecule is O=CC1=CNc2c3nnnc-3ncn2C1. The van der Waals surface area contributed by atoms with Gasteiger partial charge in [-0.05, 0) is 5.21 Å². The van der Waals surface area contributed by atoms with Crippen molar-refractivity contribution in [3.05, 3.63) is 18.1 Å². The van der Waals surface area contributed by atoms with Crippen LogP contribution in [-0.2, 0) is 11.3 Å².